The van der Waals surface area contributed by atoms with Crippen molar-refractivity contribution in [3.8, 4) is 0 Å². The summed E-state index contributed by atoms with van der Waals surface area (Å²) in [6, 6.07) is 7.25. The average Bonchev–Trinajstić information content (AvgIpc) is 3.40. The van der Waals surface area contributed by atoms with Crippen molar-refractivity contribution in [2.24, 2.45) is 0 Å². The molecule has 0 bridgehead atoms. The third kappa shape index (κ3) is 4.05. The van der Waals surface area contributed by atoms with E-state index < -0.39 is 0 Å². The van der Waals surface area contributed by atoms with E-state index >= 15 is 0 Å². The van der Waals surface area contributed by atoms with Crippen molar-refractivity contribution < 1.29 is 4.92 Å². The quantitative estimate of drug-likeness (QED) is 0.249. The molecule has 9 heteroatoms. The molecule has 1 aliphatic rings. The Morgan fingerprint density at radius 1 is 1.28 bits per heavy atom. The summed E-state index contributed by atoms with van der Waals surface area (Å²) in [7, 11) is 0. The lowest BCUT2D eigenvalue weighted by molar-refractivity contribution is -0.383. The molecule has 2 heterocycles. The first kappa shape index (κ1) is 19.6. The first-order valence-corrected chi connectivity index (χ1v) is 11.1. The van der Waals surface area contributed by atoms with Crippen LogP contribution in [0.1, 0.15) is 44.0 Å². The molecule has 1 N–H and O–H groups in total. The summed E-state index contributed by atoms with van der Waals surface area (Å²) >= 11 is 1.65. The van der Waals surface area contributed by atoms with E-state index in [9.17, 15) is 10.1 Å². The summed E-state index contributed by atoms with van der Waals surface area (Å²) in [6.07, 6.45) is 10.4. The molecule has 4 rings (SSSR count). The van der Waals surface area contributed by atoms with E-state index in [-0.39, 0.29) is 10.6 Å². The van der Waals surface area contributed by atoms with Gasteiger partial charge in [-0.1, -0.05) is 24.6 Å². The topological polar surface area (TPSA) is 98.8 Å². The zero-order valence-electron chi connectivity index (χ0n) is 16.4. The van der Waals surface area contributed by atoms with E-state index in [1.807, 2.05) is 6.26 Å². The second kappa shape index (κ2) is 8.77. The summed E-state index contributed by atoms with van der Waals surface area (Å²) in [4.78, 5) is 15.2. The van der Waals surface area contributed by atoms with Gasteiger partial charge in [-0.05, 0) is 43.7 Å². The number of fused-ring (bicyclic) bond motifs is 1. The van der Waals surface area contributed by atoms with E-state index in [0.717, 1.165) is 36.1 Å². The molecule has 2 aromatic heterocycles. The summed E-state index contributed by atoms with van der Waals surface area (Å²) < 4.78 is 2.33. The SMILES string of the molecule is CSc1nnc(CCCNc2ccc([N+](=O)[O-])c3cccnc23)n1C1CCCC1. The van der Waals surface area contributed by atoms with Crippen molar-refractivity contribution in [2.45, 2.75) is 49.7 Å². The van der Waals surface area contributed by atoms with Crippen LogP contribution in [-0.2, 0) is 6.42 Å². The van der Waals surface area contributed by atoms with Crippen LogP contribution in [0, 0.1) is 10.1 Å². The zero-order valence-corrected chi connectivity index (χ0v) is 17.2. The second-order valence-electron chi connectivity index (χ2n) is 7.23. The van der Waals surface area contributed by atoms with Gasteiger partial charge in [0.15, 0.2) is 5.16 Å². The van der Waals surface area contributed by atoms with Crippen LogP contribution in [0.5, 0.6) is 0 Å². The first-order chi connectivity index (χ1) is 14.2. The number of aryl methyl sites for hydroxylation is 1. The number of thioether (sulfide) groups is 1. The molecule has 8 nitrogen and oxygen atoms in total. The first-order valence-electron chi connectivity index (χ1n) is 9.93. The van der Waals surface area contributed by atoms with Crippen LogP contribution >= 0.6 is 11.8 Å². The molecule has 0 spiro atoms. The highest BCUT2D eigenvalue weighted by molar-refractivity contribution is 7.98. The van der Waals surface area contributed by atoms with Gasteiger partial charge in [-0.15, -0.1) is 10.2 Å². The Morgan fingerprint density at radius 2 is 2.10 bits per heavy atom. The van der Waals surface area contributed by atoms with Gasteiger partial charge in [0.1, 0.15) is 11.3 Å². The summed E-state index contributed by atoms with van der Waals surface area (Å²) in [6.45, 7) is 0.732. The summed E-state index contributed by atoms with van der Waals surface area (Å²) in [5.74, 6) is 1.05. The zero-order chi connectivity index (χ0) is 20.2. The highest BCUT2D eigenvalue weighted by Gasteiger charge is 2.23. The predicted octanol–water partition coefficient (Wildman–Crippen LogP) is 4.62. The minimum Gasteiger partial charge on any atom is -0.383 e. The lowest BCUT2D eigenvalue weighted by atomic mass is 10.1. The molecule has 0 aliphatic heterocycles. The number of anilines is 1. The van der Waals surface area contributed by atoms with Crippen LogP contribution in [0.25, 0.3) is 10.9 Å². The van der Waals surface area contributed by atoms with Crippen molar-refractivity contribution in [1.82, 2.24) is 19.7 Å². The van der Waals surface area contributed by atoms with Gasteiger partial charge in [-0.25, -0.2) is 0 Å². The maximum absolute atomic E-state index is 11.3. The Labute approximate surface area is 173 Å². The number of nitrogens with zero attached hydrogens (tertiary/aromatic N) is 5. The molecule has 1 aliphatic carbocycles. The van der Waals surface area contributed by atoms with Gasteiger partial charge in [0.2, 0.25) is 0 Å². The number of non-ortho nitro benzene ring substituents is 1. The van der Waals surface area contributed by atoms with Crippen molar-refractivity contribution in [3.63, 3.8) is 0 Å². The minimum atomic E-state index is -0.368. The van der Waals surface area contributed by atoms with Crippen molar-refractivity contribution in [2.75, 3.05) is 18.1 Å². The maximum atomic E-state index is 11.3. The molecule has 1 aromatic carbocycles. The van der Waals surface area contributed by atoms with Gasteiger partial charge in [0, 0.05) is 31.3 Å². The monoisotopic (exact) mass is 412 g/mol. The number of nitro groups is 1. The van der Waals surface area contributed by atoms with Crippen LogP contribution in [-0.4, -0.2) is 37.5 Å². The molecule has 1 fully saturated rings. The second-order valence-corrected chi connectivity index (χ2v) is 8.00. The van der Waals surface area contributed by atoms with E-state index in [1.165, 1.54) is 31.7 Å². The Kier molecular flexibility index (Phi) is 5.94. The Hall–Kier alpha value is -2.68. The van der Waals surface area contributed by atoms with Crippen LogP contribution in [0.3, 0.4) is 0 Å². The third-order valence-electron chi connectivity index (χ3n) is 5.44. The van der Waals surface area contributed by atoms with E-state index in [4.69, 9.17) is 0 Å². The van der Waals surface area contributed by atoms with Gasteiger partial charge < -0.3 is 9.88 Å². The molecule has 0 atom stereocenters. The maximum Gasteiger partial charge on any atom is 0.278 e. The molecule has 0 saturated heterocycles. The lowest BCUT2D eigenvalue weighted by Crippen LogP contribution is -2.12. The standard InChI is InChI=1S/C20H24N6O2S/c1-29-20-24-23-18(25(20)14-6-2-3-7-14)9-5-12-21-16-10-11-17(26(27)28)15-8-4-13-22-19(15)16/h4,8,10-11,13-14,21H,2-3,5-7,9,12H2,1H3. The number of pyridine rings is 1. The van der Waals surface area contributed by atoms with Gasteiger partial charge in [0.25, 0.3) is 5.69 Å². The van der Waals surface area contributed by atoms with Crippen LogP contribution in [0.2, 0.25) is 0 Å². The third-order valence-corrected chi connectivity index (χ3v) is 6.09. The van der Waals surface area contributed by atoms with Crippen LogP contribution in [0.4, 0.5) is 11.4 Å². The van der Waals surface area contributed by atoms with E-state index in [0.29, 0.717) is 16.9 Å². The highest BCUT2D eigenvalue weighted by atomic mass is 32.2. The predicted molar refractivity (Wildman–Crippen MR) is 115 cm³/mol. The number of hydrogen-bond acceptors (Lipinski definition) is 7. The Bertz CT molecular complexity index is 1020. The molecule has 0 radical (unpaired) electrons. The minimum absolute atomic E-state index is 0.0768. The number of hydrogen-bond donors (Lipinski definition) is 1. The normalized spacial score (nSPS) is 14.5. The molecule has 0 amide bonds. The number of nitro benzene ring substituents is 1. The van der Waals surface area contributed by atoms with E-state index in [2.05, 4.69) is 25.1 Å². The van der Waals surface area contributed by atoms with Gasteiger partial charge in [0.05, 0.1) is 16.0 Å². The number of rotatable bonds is 8. The van der Waals surface area contributed by atoms with Crippen LogP contribution in [0.15, 0.2) is 35.6 Å². The summed E-state index contributed by atoms with van der Waals surface area (Å²) in [5.41, 5.74) is 1.52. The lowest BCUT2D eigenvalue weighted by Gasteiger charge is -2.16. The molecular weight excluding hydrogens is 388 g/mol. The fourth-order valence-electron chi connectivity index (χ4n) is 4.08. The smallest absolute Gasteiger partial charge is 0.278 e. The van der Waals surface area contributed by atoms with Crippen molar-refractivity contribution >= 4 is 34.0 Å². The molecule has 29 heavy (non-hydrogen) atoms. The average molecular weight is 413 g/mol. The molecule has 1 saturated carbocycles. The molecule has 152 valence electrons. The molecular formula is C20H24N6O2S. The Morgan fingerprint density at radius 3 is 2.86 bits per heavy atom. The van der Waals surface area contributed by atoms with Gasteiger partial charge in [-0.3, -0.25) is 15.1 Å². The Balaban J connectivity index is 1.44. The molecule has 3 aromatic rings. The number of benzene rings is 1. The van der Waals surface area contributed by atoms with Crippen LogP contribution < -0.4 is 5.32 Å². The number of aromatic nitrogens is 4. The largest absolute Gasteiger partial charge is 0.383 e. The number of nitrogens with one attached hydrogen (secondary N) is 1. The van der Waals surface area contributed by atoms with Gasteiger partial charge >= 0.3 is 0 Å². The van der Waals surface area contributed by atoms with Crippen molar-refractivity contribution in [1.29, 1.82) is 0 Å². The molecule has 0 unspecified atom stereocenters. The van der Waals surface area contributed by atoms with Gasteiger partial charge in [-0.2, -0.15) is 0 Å². The summed E-state index contributed by atoms with van der Waals surface area (Å²) in [5, 5.41) is 25.0. The highest BCUT2D eigenvalue weighted by Crippen LogP contribution is 2.33. The van der Waals surface area contributed by atoms with E-state index in [1.54, 1.807) is 36.2 Å². The van der Waals surface area contributed by atoms with Crippen molar-refractivity contribution in [3.05, 3.63) is 46.4 Å². The fraction of sp³-hybridized carbons (Fsp3) is 0.450. The fourth-order valence-corrected chi connectivity index (χ4v) is 4.65.